The van der Waals surface area contributed by atoms with Gasteiger partial charge in [-0.25, -0.2) is 0 Å². The van der Waals surface area contributed by atoms with Crippen molar-refractivity contribution >= 4 is 5.97 Å². The maximum atomic E-state index is 10.8. The van der Waals surface area contributed by atoms with Crippen LogP contribution >= 0.6 is 0 Å². The molecular formula is C9H17NO2. The van der Waals surface area contributed by atoms with Crippen LogP contribution in [0.1, 0.15) is 20.3 Å². The van der Waals surface area contributed by atoms with Crippen LogP contribution in [0.2, 0.25) is 0 Å². The summed E-state index contributed by atoms with van der Waals surface area (Å²) in [5.74, 6) is -0.369. The molecule has 0 saturated carbocycles. The lowest BCUT2D eigenvalue weighted by molar-refractivity contribution is -0.142. The van der Waals surface area contributed by atoms with Crippen molar-refractivity contribution in [2.24, 2.45) is 11.8 Å². The standard InChI is InChI=1S/C9H17NO2/c1-6(2)8-7(9(11)12)4-5-10(8)3/h6-8H,4-5H2,1-3H3,(H,11,12). The molecule has 0 radical (unpaired) electrons. The average Bonchev–Trinajstić information content (AvgIpc) is 2.30. The van der Waals surface area contributed by atoms with Crippen LogP contribution in [0.25, 0.3) is 0 Å². The van der Waals surface area contributed by atoms with Gasteiger partial charge in [0.1, 0.15) is 0 Å². The van der Waals surface area contributed by atoms with Crippen LogP contribution in [0.5, 0.6) is 0 Å². The third-order valence-corrected chi connectivity index (χ3v) is 2.71. The highest BCUT2D eigenvalue weighted by Crippen LogP contribution is 2.28. The van der Waals surface area contributed by atoms with Crippen LogP contribution < -0.4 is 0 Å². The van der Waals surface area contributed by atoms with Crippen molar-refractivity contribution in [3.63, 3.8) is 0 Å². The van der Waals surface area contributed by atoms with Gasteiger partial charge in [0.05, 0.1) is 5.92 Å². The topological polar surface area (TPSA) is 40.5 Å². The first-order valence-electron chi connectivity index (χ1n) is 4.47. The Bertz CT molecular complexity index is 179. The van der Waals surface area contributed by atoms with Crippen LogP contribution in [-0.4, -0.2) is 35.6 Å². The molecule has 1 rings (SSSR count). The Balaban J connectivity index is 2.70. The lowest BCUT2D eigenvalue weighted by atomic mass is 9.91. The van der Waals surface area contributed by atoms with E-state index in [2.05, 4.69) is 18.7 Å². The molecule has 12 heavy (non-hydrogen) atoms. The Hall–Kier alpha value is -0.570. The van der Waals surface area contributed by atoms with Crippen molar-refractivity contribution in [3.05, 3.63) is 0 Å². The van der Waals surface area contributed by atoms with Gasteiger partial charge in [-0.3, -0.25) is 4.79 Å². The molecule has 1 N–H and O–H groups in total. The lowest BCUT2D eigenvalue weighted by Gasteiger charge is -2.26. The first-order valence-corrected chi connectivity index (χ1v) is 4.47. The van der Waals surface area contributed by atoms with E-state index in [0.29, 0.717) is 5.92 Å². The van der Waals surface area contributed by atoms with Crippen LogP contribution in [0.15, 0.2) is 0 Å². The van der Waals surface area contributed by atoms with Gasteiger partial charge in [-0.1, -0.05) is 13.8 Å². The van der Waals surface area contributed by atoms with Gasteiger partial charge in [0.25, 0.3) is 0 Å². The second-order valence-electron chi connectivity index (χ2n) is 3.95. The maximum Gasteiger partial charge on any atom is 0.308 e. The smallest absolute Gasteiger partial charge is 0.308 e. The van der Waals surface area contributed by atoms with Gasteiger partial charge < -0.3 is 10.0 Å². The summed E-state index contributed by atoms with van der Waals surface area (Å²) in [6, 6.07) is 0.225. The Kier molecular flexibility index (Phi) is 2.73. The summed E-state index contributed by atoms with van der Waals surface area (Å²) in [6.07, 6.45) is 0.800. The maximum absolute atomic E-state index is 10.8. The molecule has 0 aromatic heterocycles. The first kappa shape index (κ1) is 9.52. The fourth-order valence-electron chi connectivity index (χ4n) is 2.21. The quantitative estimate of drug-likeness (QED) is 0.675. The number of rotatable bonds is 2. The zero-order valence-corrected chi connectivity index (χ0v) is 7.95. The third kappa shape index (κ3) is 1.61. The highest BCUT2D eigenvalue weighted by molar-refractivity contribution is 5.71. The van der Waals surface area contributed by atoms with Crippen molar-refractivity contribution in [1.82, 2.24) is 4.90 Å². The molecule has 1 fully saturated rings. The normalized spacial score (nSPS) is 31.3. The molecule has 0 aliphatic carbocycles. The van der Waals surface area contributed by atoms with Crippen molar-refractivity contribution in [1.29, 1.82) is 0 Å². The summed E-state index contributed by atoms with van der Waals surface area (Å²) >= 11 is 0. The summed E-state index contributed by atoms with van der Waals surface area (Å²) in [7, 11) is 2.01. The van der Waals surface area contributed by atoms with E-state index in [1.54, 1.807) is 0 Å². The van der Waals surface area contributed by atoms with Gasteiger partial charge in [-0.2, -0.15) is 0 Å². The van der Waals surface area contributed by atoms with E-state index in [9.17, 15) is 4.79 Å². The summed E-state index contributed by atoms with van der Waals surface area (Å²) in [5.41, 5.74) is 0. The number of nitrogens with zero attached hydrogens (tertiary/aromatic N) is 1. The Morgan fingerprint density at radius 2 is 2.17 bits per heavy atom. The van der Waals surface area contributed by atoms with Crippen molar-refractivity contribution in [2.75, 3.05) is 13.6 Å². The minimum atomic E-state index is -0.641. The Morgan fingerprint density at radius 3 is 2.50 bits per heavy atom. The number of carbonyl (C=O) groups is 1. The monoisotopic (exact) mass is 171 g/mol. The second-order valence-corrected chi connectivity index (χ2v) is 3.95. The molecule has 1 aliphatic heterocycles. The van der Waals surface area contributed by atoms with E-state index >= 15 is 0 Å². The molecule has 3 heteroatoms. The molecule has 0 amide bonds. The zero-order valence-electron chi connectivity index (χ0n) is 7.95. The number of likely N-dealkylation sites (tertiary alicyclic amines) is 1. The van der Waals surface area contributed by atoms with E-state index in [-0.39, 0.29) is 12.0 Å². The SMILES string of the molecule is CC(C)C1C(C(=O)O)CCN1C. The molecule has 2 unspecified atom stereocenters. The summed E-state index contributed by atoms with van der Waals surface area (Å²) in [6.45, 7) is 5.09. The van der Waals surface area contributed by atoms with Crippen LogP contribution in [0, 0.1) is 11.8 Å². The first-order chi connectivity index (χ1) is 5.54. The fourth-order valence-corrected chi connectivity index (χ4v) is 2.21. The van der Waals surface area contributed by atoms with Crippen LogP contribution in [0.4, 0.5) is 0 Å². The number of carboxylic acids is 1. The molecule has 0 aromatic rings. The summed E-state index contributed by atoms with van der Waals surface area (Å²) in [4.78, 5) is 13.0. The average molecular weight is 171 g/mol. The largest absolute Gasteiger partial charge is 0.481 e. The minimum absolute atomic E-state index is 0.157. The molecule has 1 saturated heterocycles. The molecule has 1 aliphatic rings. The Labute approximate surface area is 73.4 Å². The summed E-state index contributed by atoms with van der Waals surface area (Å²) in [5, 5.41) is 8.92. The zero-order chi connectivity index (χ0) is 9.30. The molecular weight excluding hydrogens is 154 g/mol. The van der Waals surface area contributed by atoms with Gasteiger partial charge >= 0.3 is 5.97 Å². The van der Waals surface area contributed by atoms with E-state index in [0.717, 1.165) is 13.0 Å². The predicted molar refractivity (Wildman–Crippen MR) is 47.0 cm³/mol. The molecule has 3 nitrogen and oxygen atoms in total. The van der Waals surface area contributed by atoms with E-state index in [1.807, 2.05) is 7.05 Å². The fraction of sp³-hybridized carbons (Fsp3) is 0.889. The minimum Gasteiger partial charge on any atom is -0.481 e. The number of carboxylic acid groups (broad SMARTS) is 1. The lowest BCUT2D eigenvalue weighted by Crippen LogP contribution is -2.37. The van der Waals surface area contributed by atoms with Gasteiger partial charge in [0, 0.05) is 6.04 Å². The molecule has 0 aromatic carbocycles. The molecule has 1 heterocycles. The van der Waals surface area contributed by atoms with Crippen LogP contribution in [0.3, 0.4) is 0 Å². The van der Waals surface area contributed by atoms with Crippen molar-refractivity contribution < 1.29 is 9.90 Å². The number of aliphatic carboxylic acids is 1. The van der Waals surface area contributed by atoms with E-state index in [1.165, 1.54) is 0 Å². The highest BCUT2D eigenvalue weighted by atomic mass is 16.4. The van der Waals surface area contributed by atoms with Gasteiger partial charge in [0.2, 0.25) is 0 Å². The van der Waals surface area contributed by atoms with E-state index in [4.69, 9.17) is 5.11 Å². The third-order valence-electron chi connectivity index (χ3n) is 2.71. The second kappa shape index (κ2) is 3.44. The molecule has 2 atom stereocenters. The van der Waals surface area contributed by atoms with Crippen molar-refractivity contribution in [3.8, 4) is 0 Å². The van der Waals surface area contributed by atoms with Gasteiger partial charge in [-0.15, -0.1) is 0 Å². The van der Waals surface area contributed by atoms with Crippen LogP contribution in [-0.2, 0) is 4.79 Å². The number of hydrogen-bond donors (Lipinski definition) is 1. The highest BCUT2D eigenvalue weighted by Gasteiger charge is 2.38. The predicted octanol–water partition coefficient (Wildman–Crippen LogP) is 1.05. The van der Waals surface area contributed by atoms with E-state index < -0.39 is 5.97 Å². The van der Waals surface area contributed by atoms with Crippen molar-refractivity contribution in [2.45, 2.75) is 26.3 Å². The molecule has 0 bridgehead atoms. The summed E-state index contributed by atoms with van der Waals surface area (Å²) < 4.78 is 0. The molecule has 0 spiro atoms. The van der Waals surface area contributed by atoms with Gasteiger partial charge in [0.15, 0.2) is 0 Å². The van der Waals surface area contributed by atoms with Gasteiger partial charge in [-0.05, 0) is 25.9 Å². The Morgan fingerprint density at radius 1 is 1.58 bits per heavy atom. The number of hydrogen-bond acceptors (Lipinski definition) is 2. The molecule has 70 valence electrons.